The molecule has 0 bridgehead atoms. The first kappa shape index (κ1) is 9.64. The van der Waals surface area contributed by atoms with E-state index < -0.39 is 11.8 Å². The Balaban J connectivity index is 2.64. The van der Waals surface area contributed by atoms with E-state index >= 15 is 0 Å². The highest BCUT2D eigenvalue weighted by atomic mass is 19.1. The van der Waals surface area contributed by atoms with E-state index in [2.05, 4.69) is 5.10 Å². The first-order valence-electron chi connectivity index (χ1n) is 4.43. The summed E-state index contributed by atoms with van der Waals surface area (Å²) in [5.41, 5.74) is 0.878. The van der Waals surface area contributed by atoms with Crippen LogP contribution in [0.5, 0.6) is 0 Å². The van der Waals surface area contributed by atoms with Gasteiger partial charge in [-0.1, -0.05) is 12.1 Å². The third kappa shape index (κ3) is 1.56. The van der Waals surface area contributed by atoms with Crippen LogP contribution in [0, 0.1) is 12.7 Å². The molecule has 0 saturated heterocycles. The molecule has 0 amide bonds. The molecule has 1 aromatic carbocycles. The van der Waals surface area contributed by atoms with Crippen molar-refractivity contribution in [2.75, 3.05) is 0 Å². The molecule has 0 aliphatic carbocycles. The van der Waals surface area contributed by atoms with Crippen LogP contribution in [0.15, 0.2) is 18.2 Å². The molecule has 0 atom stereocenters. The van der Waals surface area contributed by atoms with Crippen LogP contribution in [0.4, 0.5) is 4.39 Å². The quantitative estimate of drug-likeness (QED) is 0.814. The zero-order valence-electron chi connectivity index (χ0n) is 8.07. The highest BCUT2D eigenvalue weighted by molar-refractivity contribution is 5.82. The van der Waals surface area contributed by atoms with Gasteiger partial charge < -0.3 is 5.11 Å². The number of carboxylic acid groups (broad SMARTS) is 1. The predicted octanol–water partition coefficient (Wildman–Crippen LogP) is 1.57. The number of aryl methyl sites for hydroxylation is 1. The second kappa shape index (κ2) is 3.34. The van der Waals surface area contributed by atoms with E-state index in [0.29, 0.717) is 11.1 Å². The van der Waals surface area contributed by atoms with E-state index in [9.17, 15) is 9.18 Å². The average molecular weight is 208 g/mol. The van der Waals surface area contributed by atoms with Gasteiger partial charge in [0, 0.05) is 11.1 Å². The van der Waals surface area contributed by atoms with Crippen molar-refractivity contribution >= 4 is 16.9 Å². The van der Waals surface area contributed by atoms with Crippen molar-refractivity contribution in [1.82, 2.24) is 9.78 Å². The number of nitrogens with zero attached hydrogens (tertiary/aromatic N) is 2. The first-order chi connectivity index (χ1) is 7.09. The number of aliphatic carboxylic acids is 1. The van der Waals surface area contributed by atoms with Crippen LogP contribution in [-0.4, -0.2) is 20.9 Å². The fourth-order valence-corrected chi connectivity index (χ4v) is 1.53. The lowest BCUT2D eigenvalue weighted by Crippen LogP contribution is -2.11. The Morgan fingerprint density at radius 2 is 2.33 bits per heavy atom. The summed E-state index contributed by atoms with van der Waals surface area (Å²) in [7, 11) is 0. The molecule has 15 heavy (non-hydrogen) atoms. The van der Waals surface area contributed by atoms with Gasteiger partial charge in [0.25, 0.3) is 0 Å². The van der Waals surface area contributed by atoms with E-state index in [1.807, 2.05) is 0 Å². The monoisotopic (exact) mass is 208 g/mol. The van der Waals surface area contributed by atoms with Gasteiger partial charge in [0.2, 0.25) is 0 Å². The highest BCUT2D eigenvalue weighted by Crippen LogP contribution is 2.19. The molecular formula is C10H9FN2O2. The number of rotatable bonds is 2. The first-order valence-corrected chi connectivity index (χ1v) is 4.43. The summed E-state index contributed by atoms with van der Waals surface area (Å²) >= 11 is 0. The van der Waals surface area contributed by atoms with Gasteiger partial charge in [-0.2, -0.15) is 5.10 Å². The number of fused-ring (bicyclic) bond motifs is 1. The van der Waals surface area contributed by atoms with Crippen LogP contribution in [0.1, 0.15) is 5.69 Å². The number of benzene rings is 1. The van der Waals surface area contributed by atoms with E-state index in [0.717, 1.165) is 0 Å². The molecule has 0 radical (unpaired) electrons. The molecule has 1 aromatic heterocycles. The zero-order valence-corrected chi connectivity index (χ0v) is 8.07. The Hall–Kier alpha value is -1.91. The molecule has 1 heterocycles. The van der Waals surface area contributed by atoms with E-state index in [1.165, 1.54) is 10.7 Å². The van der Waals surface area contributed by atoms with Gasteiger partial charge in [0.1, 0.15) is 12.1 Å². The summed E-state index contributed by atoms with van der Waals surface area (Å²) in [5, 5.41) is 13.2. The number of halogens is 1. The van der Waals surface area contributed by atoms with Crippen molar-refractivity contribution < 1.29 is 14.3 Å². The van der Waals surface area contributed by atoms with E-state index in [-0.39, 0.29) is 12.1 Å². The number of carboxylic acids is 1. The van der Waals surface area contributed by atoms with Gasteiger partial charge >= 0.3 is 5.97 Å². The number of hydrogen-bond acceptors (Lipinski definition) is 2. The fourth-order valence-electron chi connectivity index (χ4n) is 1.53. The third-order valence-corrected chi connectivity index (χ3v) is 2.27. The van der Waals surface area contributed by atoms with Crippen molar-refractivity contribution in [2.45, 2.75) is 13.5 Å². The van der Waals surface area contributed by atoms with Crippen molar-refractivity contribution in [2.24, 2.45) is 0 Å². The molecule has 0 unspecified atom stereocenters. The molecule has 1 N–H and O–H groups in total. The molecule has 4 nitrogen and oxygen atoms in total. The Morgan fingerprint density at radius 3 is 2.93 bits per heavy atom. The summed E-state index contributed by atoms with van der Waals surface area (Å²) in [6.07, 6.45) is 0. The molecule has 0 aliphatic rings. The molecule has 0 fully saturated rings. The summed E-state index contributed by atoms with van der Waals surface area (Å²) in [5.74, 6) is -1.42. The normalized spacial score (nSPS) is 10.8. The molecule has 0 aliphatic heterocycles. The lowest BCUT2D eigenvalue weighted by molar-refractivity contribution is -0.137. The van der Waals surface area contributed by atoms with Crippen LogP contribution < -0.4 is 0 Å². The van der Waals surface area contributed by atoms with Crippen LogP contribution in [0.2, 0.25) is 0 Å². The minimum Gasteiger partial charge on any atom is -0.480 e. The number of hydrogen-bond donors (Lipinski definition) is 1. The fraction of sp³-hybridized carbons (Fsp3) is 0.200. The number of aromatic nitrogens is 2. The standard InChI is InChI=1S/C10H9FN2O2/c1-6-7-3-2-4-8(11)10(7)12-13(6)5-9(14)15/h2-4H,5H2,1H3,(H,14,15). The van der Waals surface area contributed by atoms with Crippen LogP contribution in [-0.2, 0) is 11.3 Å². The average Bonchev–Trinajstić information content (AvgIpc) is 2.46. The van der Waals surface area contributed by atoms with Crippen LogP contribution in [0.3, 0.4) is 0 Å². The minimum atomic E-state index is -0.994. The molecule has 0 spiro atoms. The predicted molar refractivity (Wildman–Crippen MR) is 52.1 cm³/mol. The molecule has 0 saturated carbocycles. The maximum absolute atomic E-state index is 13.3. The molecule has 2 rings (SSSR count). The van der Waals surface area contributed by atoms with Gasteiger partial charge in [-0.3, -0.25) is 9.48 Å². The molecule has 5 heteroatoms. The van der Waals surface area contributed by atoms with Gasteiger partial charge in [-0.15, -0.1) is 0 Å². The summed E-state index contributed by atoms with van der Waals surface area (Å²) in [6.45, 7) is 1.47. The summed E-state index contributed by atoms with van der Waals surface area (Å²) in [6, 6.07) is 4.61. The maximum Gasteiger partial charge on any atom is 0.325 e. The largest absolute Gasteiger partial charge is 0.480 e. The van der Waals surface area contributed by atoms with E-state index in [1.54, 1.807) is 19.1 Å². The van der Waals surface area contributed by atoms with Crippen molar-refractivity contribution in [3.63, 3.8) is 0 Å². The van der Waals surface area contributed by atoms with Gasteiger partial charge in [0.05, 0.1) is 0 Å². The molecule has 2 aromatic rings. The van der Waals surface area contributed by atoms with Crippen LogP contribution in [0.25, 0.3) is 10.9 Å². The van der Waals surface area contributed by atoms with Crippen molar-refractivity contribution in [3.05, 3.63) is 29.7 Å². The van der Waals surface area contributed by atoms with Crippen molar-refractivity contribution in [1.29, 1.82) is 0 Å². The Labute approximate surface area is 84.9 Å². The second-order valence-corrected chi connectivity index (χ2v) is 3.27. The smallest absolute Gasteiger partial charge is 0.325 e. The lowest BCUT2D eigenvalue weighted by Gasteiger charge is -1.97. The van der Waals surface area contributed by atoms with Gasteiger partial charge in [-0.25, -0.2) is 4.39 Å². The van der Waals surface area contributed by atoms with Crippen LogP contribution >= 0.6 is 0 Å². The summed E-state index contributed by atoms with van der Waals surface area (Å²) in [4.78, 5) is 10.5. The van der Waals surface area contributed by atoms with E-state index in [4.69, 9.17) is 5.11 Å². The third-order valence-electron chi connectivity index (χ3n) is 2.27. The van der Waals surface area contributed by atoms with Gasteiger partial charge in [0.15, 0.2) is 5.82 Å². The maximum atomic E-state index is 13.3. The molecule has 78 valence electrons. The van der Waals surface area contributed by atoms with Gasteiger partial charge in [-0.05, 0) is 13.0 Å². The zero-order chi connectivity index (χ0) is 11.0. The topological polar surface area (TPSA) is 55.1 Å². The summed E-state index contributed by atoms with van der Waals surface area (Å²) < 4.78 is 14.6. The minimum absolute atomic E-state index is 0.219. The Morgan fingerprint density at radius 1 is 1.60 bits per heavy atom. The Bertz CT molecular complexity index is 533. The highest BCUT2D eigenvalue weighted by Gasteiger charge is 2.12. The number of carbonyl (C=O) groups is 1. The SMILES string of the molecule is Cc1c2cccc(F)c2nn1CC(=O)O. The lowest BCUT2D eigenvalue weighted by atomic mass is 10.2. The van der Waals surface area contributed by atoms with Crippen molar-refractivity contribution in [3.8, 4) is 0 Å². The Kier molecular flexibility index (Phi) is 2.15. The molecular weight excluding hydrogens is 199 g/mol. The second-order valence-electron chi connectivity index (χ2n) is 3.27.